The van der Waals surface area contributed by atoms with E-state index in [9.17, 15) is 28.4 Å². The van der Waals surface area contributed by atoms with Crippen molar-refractivity contribution in [2.45, 2.75) is 6.92 Å². The van der Waals surface area contributed by atoms with Crippen LogP contribution < -0.4 is 21.0 Å². The Kier molecular flexibility index (Phi) is 6.15. The molecule has 2 aromatic rings. The van der Waals surface area contributed by atoms with E-state index in [2.05, 4.69) is 15.8 Å². The van der Waals surface area contributed by atoms with Crippen molar-refractivity contribution >= 4 is 47.2 Å². The number of barbiturate groups is 1. The van der Waals surface area contributed by atoms with Crippen LogP contribution in [0.2, 0.25) is 0 Å². The number of hydrogen-bond donors (Lipinski definition) is 3. The molecule has 31 heavy (non-hydrogen) atoms. The van der Waals surface area contributed by atoms with Gasteiger partial charge in [0.05, 0.1) is 5.69 Å². The third-order valence-electron chi connectivity index (χ3n) is 4.15. The van der Waals surface area contributed by atoms with Gasteiger partial charge in [0, 0.05) is 24.4 Å². The van der Waals surface area contributed by atoms with Gasteiger partial charge in [-0.05, 0) is 36.4 Å². The van der Waals surface area contributed by atoms with Gasteiger partial charge < -0.3 is 5.32 Å². The summed E-state index contributed by atoms with van der Waals surface area (Å²) in [4.78, 5) is 60.4. The van der Waals surface area contributed by atoms with Crippen molar-refractivity contribution in [3.05, 3.63) is 59.9 Å². The van der Waals surface area contributed by atoms with Crippen LogP contribution in [0.4, 0.5) is 20.6 Å². The Morgan fingerprint density at radius 1 is 1.10 bits per heavy atom. The van der Waals surface area contributed by atoms with Gasteiger partial charge in [-0.25, -0.2) is 19.5 Å². The van der Waals surface area contributed by atoms with E-state index in [4.69, 9.17) is 0 Å². The molecule has 6 amide bonds. The second-order valence-electron chi connectivity index (χ2n) is 6.37. The van der Waals surface area contributed by atoms with E-state index in [0.29, 0.717) is 10.6 Å². The standard InChI is InChI=1S/C20H16FN5O5/c1-11(27)23-13-8-6-12(7-9-13)17(28)25-22-10-14-18(29)24-20(31)26(19(14)30)16-5-3-2-4-15(16)21/h2-10,14H,1H3,(H,23,27)(H,25,28)(H,24,29,31)/b22-10-/t14-/m1/s1. The maximum absolute atomic E-state index is 14.0. The van der Waals surface area contributed by atoms with Gasteiger partial charge in [0.25, 0.3) is 11.8 Å². The molecule has 0 aromatic heterocycles. The highest BCUT2D eigenvalue weighted by Crippen LogP contribution is 2.23. The molecule has 2 aromatic carbocycles. The van der Waals surface area contributed by atoms with Crippen molar-refractivity contribution in [2.75, 3.05) is 10.2 Å². The highest BCUT2D eigenvalue weighted by Gasteiger charge is 2.41. The molecule has 158 valence electrons. The molecule has 1 atom stereocenters. The molecule has 11 heteroatoms. The zero-order valence-corrected chi connectivity index (χ0v) is 16.1. The highest BCUT2D eigenvalue weighted by molar-refractivity contribution is 6.32. The van der Waals surface area contributed by atoms with Gasteiger partial charge in [0.1, 0.15) is 5.82 Å². The van der Waals surface area contributed by atoms with Gasteiger partial charge in [0.2, 0.25) is 11.8 Å². The summed E-state index contributed by atoms with van der Waals surface area (Å²) in [6.07, 6.45) is 0.849. The van der Waals surface area contributed by atoms with E-state index in [1.165, 1.54) is 49.4 Å². The van der Waals surface area contributed by atoms with E-state index < -0.39 is 35.5 Å². The van der Waals surface area contributed by atoms with Crippen molar-refractivity contribution in [2.24, 2.45) is 11.0 Å². The lowest BCUT2D eigenvalue weighted by Crippen LogP contribution is -2.59. The number of urea groups is 1. The normalized spacial score (nSPS) is 16.3. The fourth-order valence-electron chi connectivity index (χ4n) is 2.73. The molecule has 3 rings (SSSR count). The van der Waals surface area contributed by atoms with Gasteiger partial charge in [-0.15, -0.1) is 0 Å². The number of nitrogens with zero attached hydrogens (tertiary/aromatic N) is 2. The SMILES string of the molecule is CC(=O)Nc1ccc(C(=O)N/N=C\[C@@H]2C(=O)NC(=O)N(c3ccccc3F)C2=O)cc1. The quantitative estimate of drug-likeness (QED) is 0.378. The van der Waals surface area contributed by atoms with Crippen molar-refractivity contribution < 1.29 is 28.4 Å². The molecule has 0 radical (unpaired) electrons. The molecule has 10 nitrogen and oxygen atoms in total. The van der Waals surface area contributed by atoms with Crippen LogP contribution in [0.5, 0.6) is 0 Å². The minimum Gasteiger partial charge on any atom is -0.326 e. The van der Waals surface area contributed by atoms with Gasteiger partial charge in [-0.3, -0.25) is 24.5 Å². The minimum absolute atomic E-state index is 0.203. The Bertz CT molecular complexity index is 1100. The first-order valence-corrected chi connectivity index (χ1v) is 8.92. The minimum atomic E-state index is -1.56. The average Bonchev–Trinajstić information content (AvgIpc) is 2.71. The van der Waals surface area contributed by atoms with E-state index in [1.807, 2.05) is 5.32 Å². The fraction of sp³-hybridized carbons (Fsp3) is 0.100. The summed E-state index contributed by atoms with van der Waals surface area (Å²) >= 11 is 0. The zero-order valence-electron chi connectivity index (χ0n) is 16.1. The molecule has 1 heterocycles. The average molecular weight is 425 g/mol. The van der Waals surface area contributed by atoms with Crippen molar-refractivity contribution in [1.29, 1.82) is 0 Å². The highest BCUT2D eigenvalue weighted by atomic mass is 19.1. The monoisotopic (exact) mass is 425 g/mol. The number of halogens is 1. The van der Waals surface area contributed by atoms with Crippen LogP contribution in [0.1, 0.15) is 17.3 Å². The van der Waals surface area contributed by atoms with Gasteiger partial charge >= 0.3 is 6.03 Å². The number of carbonyl (C=O) groups is 5. The smallest absolute Gasteiger partial charge is 0.326 e. The third-order valence-corrected chi connectivity index (χ3v) is 4.15. The summed E-state index contributed by atoms with van der Waals surface area (Å²) in [7, 11) is 0. The fourth-order valence-corrected chi connectivity index (χ4v) is 2.73. The van der Waals surface area contributed by atoms with E-state index >= 15 is 0 Å². The number of carbonyl (C=O) groups excluding carboxylic acids is 5. The summed E-state index contributed by atoms with van der Waals surface area (Å²) in [5.74, 6) is -5.26. The molecule has 1 aliphatic heterocycles. The Labute approximate surface area is 175 Å². The van der Waals surface area contributed by atoms with Crippen molar-refractivity contribution in [3.63, 3.8) is 0 Å². The Hall–Kier alpha value is -4.41. The number of hydrogen-bond acceptors (Lipinski definition) is 6. The van der Waals surface area contributed by atoms with Crippen molar-refractivity contribution in [1.82, 2.24) is 10.7 Å². The van der Waals surface area contributed by atoms with Gasteiger partial charge in [0.15, 0.2) is 5.92 Å². The van der Waals surface area contributed by atoms with E-state index in [0.717, 1.165) is 12.3 Å². The molecule has 0 saturated carbocycles. The van der Waals surface area contributed by atoms with Crippen LogP contribution >= 0.6 is 0 Å². The first-order valence-electron chi connectivity index (χ1n) is 8.92. The predicted octanol–water partition coefficient (Wildman–Crippen LogP) is 1.40. The summed E-state index contributed by atoms with van der Waals surface area (Å²) in [5, 5.41) is 8.11. The Balaban J connectivity index is 1.70. The van der Waals surface area contributed by atoms with Crippen LogP contribution in [0.25, 0.3) is 0 Å². The molecule has 1 aliphatic rings. The number of para-hydroxylation sites is 1. The number of hydrazone groups is 1. The lowest BCUT2D eigenvalue weighted by molar-refractivity contribution is -0.131. The Morgan fingerprint density at radius 3 is 2.42 bits per heavy atom. The van der Waals surface area contributed by atoms with Crippen LogP contribution in [0.3, 0.4) is 0 Å². The van der Waals surface area contributed by atoms with Gasteiger partial charge in [-0.1, -0.05) is 12.1 Å². The molecular weight excluding hydrogens is 409 g/mol. The Morgan fingerprint density at radius 2 is 1.77 bits per heavy atom. The van der Waals surface area contributed by atoms with E-state index in [-0.39, 0.29) is 17.2 Å². The molecule has 3 N–H and O–H groups in total. The lowest BCUT2D eigenvalue weighted by Gasteiger charge is -2.28. The maximum atomic E-state index is 14.0. The maximum Gasteiger partial charge on any atom is 0.335 e. The number of anilines is 2. The van der Waals surface area contributed by atoms with Crippen LogP contribution in [0.15, 0.2) is 53.6 Å². The number of nitrogens with one attached hydrogen (secondary N) is 3. The van der Waals surface area contributed by atoms with Crippen LogP contribution in [-0.4, -0.2) is 35.9 Å². The second kappa shape index (κ2) is 8.95. The number of rotatable bonds is 5. The largest absolute Gasteiger partial charge is 0.335 e. The molecule has 0 bridgehead atoms. The number of amides is 6. The summed E-state index contributed by atoms with van der Waals surface area (Å²) in [5.41, 5.74) is 2.54. The number of imide groups is 2. The molecule has 1 fully saturated rings. The first-order chi connectivity index (χ1) is 14.8. The van der Waals surface area contributed by atoms with Crippen molar-refractivity contribution in [3.8, 4) is 0 Å². The first kappa shape index (κ1) is 21.3. The lowest BCUT2D eigenvalue weighted by atomic mass is 10.1. The summed E-state index contributed by atoms with van der Waals surface area (Å²) < 4.78 is 14.0. The van der Waals surface area contributed by atoms with E-state index in [1.54, 1.807) is 0 Å². The van der Waals surface area contributed by atoms with Crippen LogP contribution in [-0.2, 0) is 14.4 Å². The topological polar surface area (TPSA) is 137 Å². The second-order valence-corrected chi connectivity index (χ2v) is 6.37. The molecule has 0 unspecified atom stereocenters. The summed E-state index contributed by atoms with van der Waals surface area (Å²) in [6, 6.07) is 9.89. The molecule has 0 aliphatic carbocycles. The van der Waals surface area contributed by atoms with Gasteiger partial charge in [-0.2, -0.15) is 5.10 Å². The number of benzene rings is 2. The summed E-state index contributed by atoms with van der Waals surface area (Å²) in [6.45, 7) is 1.35. The zero-order chi connectivity index (χ0) is 22.5. The van der Waals surface area contributed by atoms with Crippen LogP contribution in [0, 0.1) is 11.7 Å². The molecular formula is C20H16FN5O5. The molecule has 1 saturated heterocycles. The third kappa shape index (κ3) is 4.78. The predicted molar refractivity (Wildman–Crippen MR) is 108 cm³/mol. The molecule has 0 spiro atoms.